The molecule has 0 heterocycles. The third-order valence-corrected chi connectivity index (χ3v) is 7.21. The Morgan fingerprint density at radius 1 is 0.970 bits per heavy atom. The Hall–Kier alpha value is -3.17. The summed E-state index contributed by atoms with van der Waals surface area (Å²) in [4.78, 5) is 12.3. The first-order valence-electron chi connectivity index (χ1n) is 10.1. The van der Waals surface area contributed by atoms with Gasteiger partial charge >= 0.3 is 0 Å². The monoisotopic (exact) mass is 486 g/mol. The van der Waals surface area contributed by atoms with Crippen LogP contribution in [0.3, 0.4) is 0 Å². The van der Waals surface area contributed by atoms with Crippen molar-refractivity contribution in [2.24, 2.45) is 0 Å². The third kappa shape index (κ3) is 6.66. The summed E-state index contributed by atoms with van der Waals surface area (Å²) < 4.78 is 38.5. The molecule has 2 N–H and O–H groups in total. The number of ether oxygens (including phenoxy) is 2. The smallest absolute Gasteiger partial charge is 0.262 e. The maximum Gasteiger partial charge on any atom is 0.262 e. The summed E-state index contributed by atoms with van der Waals surface area (Å²) in [5.41, 5.74) is 3.18. The number of methoxy groups -OCH3 is 2. The molecule has 0 saturated heterocycles. The van der Waals surface area contributed by atoms with Crippen LogP contribution < -0.4 is 19.5 Å². The molecular weight excluding hydrogens is 460 g/mol. The van der Waals surface area contributed by atoms with Gasteiger partial charge in [-0.3, -0.25) is 9.52 Å². The lowest BCUT2D eigenvalue weighted by Gasteiger charge is -2.13. The maximum atomic E-state index is 12.8. The largest absolute Gasteiger partial charge is 0.497 e. The molecule has 3 aromatic rings. The minimum atomic E-state index is -3.87. The van der Waals surface area contributed by atoms with Crippen LogP contribution in [0.25, 0.3) is 0 Å². The van der Waals surface area contributed by atoms with Gasteiger partial charge in [-0.15, -0.1) is 11.8 Å². The number of anilines is 2. The minimum absolute atomic E-state index is 0.0549. The molecule has 0 spiro atoms. The van der Waals surface area contributed by atoms with E-state index in [0.717, 1.165) is 5.75 Å². The van der Waals surface area contributed by atoms with Crippen LogP contribution in [0.5, 0.6) is 11.5 Å². The highest BCUT2D eigenvalue weighted by molar-refractivity contribution is 7.99. The number of carbonyl (C=O) groups excluding carboxylic acids is 1. The summed E-state index contributed by atoms with van der Waals surface area (Å²) in [6.07, 6.45) is 0. The predicted molar refractivity (Wildman–Crippen MR) is 133 cm³/mol. The van der Waals surface area contributed by atoms with Crippen LogP contribution >= 0.6 is 11.8 Å². The number of hydrogen-bond donors (Lipinski definition) is 2. The van der Waals surface area contributed by atoms with Crippen molar-refractivity contribution in [1.29, 1.82) is 0 Å². The van der Waals surface area contributed by atoms with Crippen molar-refractivity contribution >= 4 is 39.1 Å². The second-order valence-electron chi connectivity index (χ2n) is 7.16. The Morgan fingerprint density at radius 3 is 2.36 bits per heavy atom. The van der Waals surface area contributed by atoms with Gasteiger partial charge in [0.1, 0.15) is 11.5 Å². The lowest BCUT2D eigenvalue weighted by atomic mass is 10.1. The predicted octanol–water partition coefficient (Wildman–Crippen LogP) is 4.68. The Labute approximate surface area is 198 Å². The quantitative estimate of drug-likeness (QED) is 0.432. The number of amides is 1. The Morgan fingerprint density at radius 2 is 1.70 bits per heavy atom. The van der Waals surface area contributed by atoms with E-state index in [-0.39, 0.29) is 16.5 Å². The first-order chi connectivity index (χ1) is 15.8. The molecule has 7 nitrogen and oxygen atoms in total. The van der Waals surface area contributed by atoms with E-state index in [1.165, 1.54) is 49.2 Å². The molecular formula is C24H26N2O5S2. The van der Waals surface area contributed by atoms with Gasteiger partial charge in [-0.05, 0) is 54.4 Å². The normalized spacial score (nSPS) is 11.0. The molecule has 33 heavy (non-hydrogen) atoms. The molecule has 9 heteroatoms. The minimum Gasteiger partial charge on any atom is -0.497 e. The molecule has 1 amide bonds. The lowest BCUT2D eigenvalue weighted by Crippen LogP contribution is -2.15. The van der Waals surface area contributed by atoms with Crippen molar-refractivity contribution in [3.8, 4) is 11.5 Å². The summed E-state index contributed by atoms with van der Waals surface area (Å²) in [5.74, 6) is 1.75. The molecule has 0 radical (unpaired) electrons. The van der Waals surface area contributed by atoms with Crippen LogP contribution in [0, 0.1) is 6.92 Å². The van der Waals surface area contributed by atoms with Crippen LogP contribution in [0.2, 0.25) is 0 Å². The fraction of sp³-hybridized carbons (Fsp3) is 0.208. The van der Waals surface area contributed by atoms with Crippen molar-refractivity contribution in [3.05, 3.63) is 77.9 Å². The highest BCUT2D eigenvalue weighted by atomic mass is 32.2. The van der Waals surface area contributed by atoms with E-state index in [0.29, 0.717) is 22.9 Å². The van der Waals surface area contributed by atoms with E-state index >= 15 is 0 Å². The molecule has 0 aliphatic carbocycles. The van der Waals surface area contributed by atoms with Gasteiger partial charge in [0.2, 0.25) is 5.91 Å². The van der Waals surface area contributed by atoms with Crippen LogP contribution in [-0.4, -0.2) is 34.3 Å². The zero-order chi connectivity index (χ0) is 23.8. The Kier molecular flexibility index (Phi) is 8.24. The standard InChI is InChI=1S/C24H26N2O5S2/c1-17-6-4-5-7-18(17)15-32-16-24(27)25-19-8-11-21(12-9-19)33(28,29)26-22-14-20(30-2)10-13-23(22)31-3/h4-14,26H,15-16H2,1-3H3,(H,25,27). The van der Waals surface area contributed by atoms with Crippen molar-refractivity contribution < 1.29 is 22.7 Å². The van der Waals surface area contributed by atoms with E-state index in [4.69, 9.17) is 9.47 Å². The average molecular weight is 487 g/mol. The molecule has 0 aromatic heterocycles. The van der Waals surface area contributed by atoms with Gasteiger partial charge in [0, 0.05) is 17.5 Å². The van der Waals surface area contributed by atoms with Crippen LogP contribution in [0.1, 0.15) is 11.1 Å². The fourth-order valence-corrected chi connectivity index (χ4v) is 5.00. The van der Waals surface area contributed by atoms with Crippen molar-refractivity contribution in [1.82, 2.24) is 0 Å². The lowest BCUT2D eigenvalue weighted by molar-refractivity contribution is -0.113. The van der Waals surface area contributed by atoms with Gasteiger partial charge in [0.05, 0.1) is 30.6 Å². The van der Waals surface area contributed by atoms with Crippen molar-refractivity contribution in [2.75, 3.05) is 30.0 Å². The van der Waals surface area contributed by atoms with Gasteiger partial charge in [-0.2, -0.15) is 0 Å². The molecule has 3 aromatic carbocycles. The summed E-state index contributed by atoms with van der Waals surface area (Å²) in [6.45, 7) is 2.05. The molecule has 0 atom stereocenters. The number of hydrogen-bond acceptors (Lipinski definition) is 6. The number of benzene rings is 3. The number of rotatable bonds is 10. The first kappa shape index (κ1) is 24.5. The Balaban J connectivity index is 1.60. The van der Waals surface area contributed by atoms with Gasteiger partial charge in [0.25, 0.3) is 10.0 Å². The Bertz CT molecular complexity index is 1210. The zero-order valence-corrected chi connectivity index (χ0v) is 20.3. The molecule has 0 unspecified atom stereocenters. The maximum absolute atomic E-state index is 12.8. The van der Waals surface area contributed by atoms with Crippen molar-refractivity contribution in [2.45, 2.75) is 17.6 Å². The van der Waals surface area contributed by atoms with Crippen LogP contribution in [0.15, 0.2) is 71.6 Å². The van der Waals surface area contributed by atoms with Gasteiger partial charge in [-0.25, -0.2) is 8.42 Å². The number of thioether (sulfide) groups is 1. The fourth-order valence-electron chi connectivity index (χ4n) is 3.04. The average Bonchev–Trinajstić information content (AvgIpc) is 2.80. The number of nitrogens with one attached hydrogen (secondary N) is 2. The summed E-state index contributed by atoms with van der Waals surface area (Å²) in [6, 6.07) is 18.9. The van der Waals surface area contributed by atoms with Gasteiger partial charge < -0.3 is 14.8 Å². The molecule has 0 fully saturated rings. The zero-order valence-electron chi connectivity index (χ0n) is 18.6. The van der Waals surface area contributed by atoms with Crippen LogP contribution in [0.4, 0.5) is 11.4 Å². The molecule has 0 aliphatic heterocycles. The van der Waals surface area contributed by atoms with E-state index in [2.05, 4.69) is 16.1 Å². The molecule has 174 valence electrons. The number of aryl methyl sites for hydroxylation is 1. The van der Waals surface area contributed by atoms with E-state index in [9.17, 15) is 13.2 Å². The highest BCUT2D eigenvalue weighted by Gasteiger charge is 2.17. The summed E-state index contributed by atoms with van der Waals surface area (Å²) in [5, 5.41) is 2.79. The van der Waals surface area contributed by atoms with Crippen LogP contribution in [-0.2, 0) is 20.6 Å². The van der Waals surface area contributed by atoms with Gasteiger partial charge in [-0.1, -0.05) is 24.3 Å². The SMILES string of the molecule is COc1ccc(OC)c(NS(=O)(=O)c2ccc(NC(=O)CSCc3ccccc3C)cc2)c1. The first-order valence-corrected chi connectivity index (χ1v) is 12.7. The third-order valence-electron chi connectivity index (χ3n) is 4.85. The number of sulfonamides is 1. The topological polar surface area (TPSA) is 93.7 Å². The summed E-state index contributed by atoms with van der Waals surface area (Å²) >= 11 is 1.52. The van der Waals surface area contributed by atoms with E-state index in [1.807, 2.05) is 25.1 Å². The van der Waals surface area contributed by atoms with E-state index < -0.39 is 10.0 Å². The molecule has 0 bridgehead atoms. The highest BCUT2D eigenvalue weighted by Crippen LogP contribution is 2.31. The van der Waals surface area contributed by atoms with Gasteiger partial charge in [0.15, 0.2) is 0 Å². The molecule has 0 aliphatic rings. The molecule has 0 saturated carbocycles. The van der Waals surface area contributed by atoms with E-state index in [1.54, 1.807) is 30.3 Å². The number of carbonyl (C=O) groups is 1. The second kappa shape index (κ2) is 11.1. The molecule has 3 rings (SSSR count). The second-order valence-corrected chi connectivity index (χ2v) is 9.83. The van der Waals surface area contributed by atoms with Crippen molar-refractivity contribution in [3.63, 3.8) is 0 Å². The summed E-state index contributed by atoms with van der Waals surface area (Å²) in [7, 11) is -0.918.